The molecule has 5 heteroatoms. The third-order valence-electron chi connectivity index (χ3n) is 3.49. The third kappa shape index (κ3) is 3.58. The fourth-order valence-corrected chi connectivity index (χ4v) is 3.77. The van der Waals surface area contributed by atoms with Crippen LogP contribution < -0.4 is 0 Å². The van der Waals surface area contributed by atoms with Gasteiger partial charge in [-0.05, 0) is 41.8 Å². The molecule has 2 rings (SSSR count). The highest BCUT2D eigenvalue weighted by atomic mass is 79.9. The lowest BCUT2D eigenvalue weighted by Crippen LogP contribution is -2.34. The SMILES string of the molecule is Fc1ccc(F)c(CC(CCl)(CCl)c2ccccc2Br)c1. The second-order valence-corrected chi connectivity index (χ2v) is 6.33. The number of benzene rings is 2. The van der Waals surface area contributed by atoms with Gasteiger partial charge in [-0.3, -0.25) is 0 Å². The molecule has 2 aromatic rings. The fourth-order valence-electron chi connectivity index (χ4n) is 2.30. The summed E-state index contributed by atoms with van der Waals surface area (Å²) in [4.78, 5) is 0. The molecule has 0 aliphatic heterocycles. The van der Waals surface area contributed by atoms with Crippen LogP contribution in [0.25, 0.3) is 0 Å². The van der Waals surface area contributed by atoms with E-state index in [4.69, 9.17) is 23.2 Å². The molecule has 0 saturated carbocycles. The Kier molecular flexibility index (Phi) is 5.64. The van der Waals surface area contributed by atoms with E-state index in [1.54, 1.807) is 0 Å². The Balaban J connectivity index is 2.48. The highest BCUT2D eigenvalue weighted by Gasteiger charge is 2.33. The van der Waals surface area contributed by atoms with Crippen LogP contribution in [0.2, 0.25) is 0 Å². The molecule has 0 saturated heterocycles. The van der Waals surface area contributed by atoms with Crippen LogP contribution in [-0.4, -0.2) is 11.8 Å². The van der Waals surface area contributed by atoms with Crippen LogP contribution in [0, 0.1) is 11.6 Å². The lowest BCUT2D eigenvalue weighted by molar-refractivity contribution is 0.504. The zero-order valence-electron chi connectivity index (χ0n) is 11.1. The van der Waals surface area contributed by atoms with Gasteiger partial charge in [-0.15, -0.1) is 23.2 Å². The average Bonchev–Trinajstić information content (AvgIpc) is 2.49. The van der Waals surface area contributed by atoms with E-state index in [1.807, 2.05) is 24.3 Å². The number of halogens is 5. The second kappa shape index (κ2) is 7.08. The number of rotatable bonds is 5. The van der Waals surface area contributed by atoms with E-state index in [-0.39, 0.29) is 23.7 Å². The van der Waals surface area contributed by atoms with E-state index in [2.05, 4.69) is 15.9 Å². The molecular formula is C16H13BrCl2F2. The molecule has 21 heavy (non-hydrogen) atoms. The summed E-state index contributed by atoms with van der Waals surface area (Å²) in [5.74, 6) is -0.524. The lowest BCUT2D eigenvalue weighted by atomic mass is 9.78. The molecule has 0 spiro atoms. The Bertz CT molecular complexity index is 627. The van der Waals surface area contributed by atoms with E-state index in [0.717, 1.165) is 22.2 Å². The van der Waals surface area contributed by atoms with Gasteiger partial charge in [-0.2, -0.15) is 0 Å². The minimum atomic E-state index is -0.669. The fraction of sp³-hybridized carbons (Fsp3) is 0.250. The van der Waals surface area contributed by atoms with Crippen LogP contribution in [0.5, 0.6) is 0 Å². The van der Waals surface area contributed by atoms with Crippen LogP contribution in [0.15, 0.2) is 46.9 Å². The first-order valence-corrected chi connectivity index (χ1v) is 8.19. The van der Waals surface area contributed by atoms with Gasteiger partial charge in [0, 0.05) is 21.6 Å². The smallest absolute Gasteiger partial charge is 0.126 e. The summed E-state index contributed by atoms with van der Waals surface area (Å²) in [5, 5.41) is 0. The van der Waals surface area contributed by atoms with Gasteiger partial charge in [-0.1, -0.05) is 34.1 Å². The van der Waals surface area contributed by atoms with Gasteiger partial charge >= 0.3 is 0 Å². The maximum atomic E-state index is 13.9. The van der Waals surface area contributed by atoms with Crippen LogP contribution in [-0.2, 0) is 11.8 Å². The second-order valence-electron chi connectivity index (χ2n) is 4.94. The summed E-state index contributed by atoms with van der Waals surface area (Å²) in [7, 11) is 0. The standard InChI is InChI=1S/C16H13BrCl2F2/c17-14-4-2-1-3-13(14)16(9-18,10-19)8-11-7-12(20)5-6-15(11)21/h1-7H,8-10H2. The van der Waals surface area contributed by atoms with Crippen molar-refractivity contribution in [3.05, 3.63) is 69.7 Å². The molecule has 0 aromatic heterocycles. The molecular weight excluding hydrogens is 381 g/mol. The van der Waals surface area contributed by atoms with Gasteiger partial charge in [0.1, 0.15) is 11.6 Å². The molecule has 112 valence electrons. The quantitative estimate of drug-likeness (QED) is 0.572. The summed E-state index contributed by atoms with van der Waals surface area (Å²) in [6.45, 7) is 0. The molecule has 2 aromatic carbocycles. The van der Waals surface area contributed by atoms with Crippen LogP contribution in [0.1, 0.15) is 11.1 Å². The average molecular weight is 394 g/mol. The minimum absolute atomic E-state index is 0.203. The first kappa shape index (κ1) is 16.7. The normalized spacial score (nSPS) is 11.7. The molecule has 0 N–H and O–H groups in total. The molecule has 0 heterocycles. The summed E-state index contributed by atoms with van der Waals surface area (Å²) < 4.78 is 28.1. The van der Waals surface area contributed by atoms with Crippen molar-refractivity contribution < 1.29 is 8.78 Å². The summed E-state index contributed by atoms with van der Waals surface area (Å²) >= 11 is 15.8. The van der Waals surface area contributed by atoms with E-state index < -0.39 is 17.0 Å². The Labute approximate surface area is 141 Å². The van der Waals surface area contributed by atoms with Gasteiger partial charge in [-0.25, -0.2) is 8.78 Å². The van der Waals surface area contributed by atoms with Crippen molar-refractivity contribution in [2.45, 2.75) is 11.8 Å². The van der Waals surface area contributed by atoms with E-state index >= 15 is 0 Å². The molecule has 0 aliphatic rings. The maximum Gasteiger partial charge on any atom is 0.126 e. The monoisotopic (exact) mass is 392 g/mol. The van der Waals surface area contributed by atoms with Gasteiger partial charge < -0.3 is 0 Å². The van der Waals surface area contributed by atoms with Gasteiger partial charge in [0.2, 0.25) is 0 Å². The Morgan fingerprint density at radius 1 is 1.00 bits per heavy atom. The molecule has 0 aliphatic carbocycles. The Hall–Kier alpha value is -0.640. The van der Waals surface area contributed by atoms with Crippen molar-refractivity contribution >= 4 is 39.1 Å². The summed E-state index contributed by atoms with van der Waals surface area (Å²) in [6.07, 6.45) is 0.228. The molecule has 0 unspecified atom stereocenters. The Morgan fingerprint density at radius 2 is 1.67 bits per heavy atom. The Morgan fingerprint density at radius 3 is 2.29 bits per heavy atom. The molecule has 0 atom stereocenters. The van der Waals surface area contributed by atoms with Crippen molar-refractivity contribution in [3.63, 3.8) is 0 Å². The lowest BCUT2D eigenvalue weighted by Gasteiger charge is -2.31. The van der Waals surface area contributed by atoms with Crippen LogP contribution >= 0.6 is 39.1 Å². The molecule has 0 nitrogen and oxygen atoms in total. The molecule has 0 bridgehead atoms. The van der Waals surface area contributed by atoms with E-state index in [9.17, 15) is 8.78 Å². The van der Waals surface area contributed by atoms with Crippen molar-refractivity contribution in [2.75, 3.05) is 11.8 Å². The number of hydrogen-bond donors (Lipinski definition) is 0. The van der Waals surface area contributed by atoms with Crippen molar-refractivity contribution in [3.8, 4) is 0 Å². The summed E-state index contributed by atoms with van der Waals surface area (Å²) in [5.41, 5.74) is 0.489. The van der Waals surface area contributed by atoms with Crippen LogP contribution in [0.3, 0.4) is 0 Å². The molecule has 0 fully saturated rings. The van der Waals surface area contributed by atoms with Crippen molar-refractivity contribution in [2.24, 2.45) is 0 Å². The first-order valence-electron chi connectivity index (χ1n) is 6.33. The highest BCUT2D eigenvalue weighted by molar-refractivity contribution is 9.10. The van der Waals surface area contributed by atoms with Gasteiger partial charge in [0.05, 0.1) is 0 Å². The predicted octanol–water partition coefficient (Wildman–Crippen LogP) is 5.69. The molecule has 0 radical (unpaired) electrons. The zero-order chi connectivity index (χ0) is 15.5. The van der Waals surface area contributed by atoms with Gasteiger partial charge in [0.25, 0.3) is 0 Å². The van der Waals surface area contributed by atoms with E-state index in [0.29, 0.717) is 0 Å². The third-order valence-corrected chi connectivity index (χ3v) is 5.21. The molecule has 0 amide bonds. The highest BCUT2D eigenvalue weighted by Crippen LogP contribution is 2.36. The largest absolute Gasteiger partial charge is 0.207 e. The summed E-state index contributed by atoms with van der Waals surface area (Å²) in [6, 6.07) is 10.9. The van der Waals surface area contributed by atoms with Crippen LogP contribution in [0.4, 0.5) is 8.78 Å². The number of hydrogen-bond acceptors (Lipinski definition) is 0. The topological polar surface area (TPSA) is 0 Å². The predicted molar refractivity (Wildman–Crippen MR) is 87.3 cm³/mol. The van der Waals surface area contributed by atoms with Crippen molar-refractivity contribution in [1.82, 2.24) is 0 Å². The van der Waals surface area contributed by atoms with Crippen molar-refractivity contribution in [1.29, 1.82) is 0 Å². The number of alkyl halides is 2. The van der Waals surface area contributed by atoms with Gasteiger partial charge in [0.15, 0.2) is 0 Å². The maximum absolute atomic E-state index is 13.9. The van der Waals surface area contributed by atoms with E-state index in [1.165, 1.54) is 6.07 Å². The zero-order valence-corrected chi connectivity index (χ0v) is 14.2. The first-order chi connectivity index (χ1) is 10.0. The minimum Gasteiger partial charge on any atom is -0.207 e.